The van der Waals surface area contributed by atoms with Gasteiger partial charge in [-0.15, -0.1) is 0 Å². The first-order chi connectivity index (χ1) is 17.3. The minimum absolute atomic E-state index is 0.174. The number of nitrogens with zero attached hydrogens (tertiary/aromatic N) is 2. The molecular formula is C26H24N2O8. The van der Waals surface area contributed by atoms with Crippen molar-refractivity contribution in [3.8, 4) is 23.0 Å². The fourth-order valence-corrected chi connectivity index (χ4v) is 3.49. The number of hydrogen-bond donors (Lipinski definition) is 0. The summed E-state index contributed by atoms with van der Waals surface area (Å²) >= 11 is 0. The monoisotopic (exact) mass is 492 g/mol. The van der Waals surface area contributed by atoms with Crippen molar-refractivity contribution in [2.45, 2.75) is 0 Å². The number of benzene rings is 3. The number of methoxy groups -OCH3 is 4. The molecule has 0 saturated carbocycles. The Kier molecular flexibility index (Phi) is 8.24. The lowest BCUT2D eigenvalue weighted by Gasteiger charge is -2.08. The van der Waals surface area contributed by atoms with Crippen LogP contribution in [-0.2, 0) is 0 Å². The summed E-state index contributed by atoms with van der Waals surface area (Å²) < 4.78 is 21.2. The Morgan fingerprint density at radius 1 is 0.556 bits per heavy atom. The SMILES string of the molecule is COc1ccc(OC)c(/C=C/c2cc(/C=C/c3cc(OC)ccc3OC)c([N+](=O)[O-])cc2[N+](=O)[O-])c1. The molecule has 3 aromatic carbocycles. The van der Waals surface area contributed by atoms with E-state index < -0.39 is 21.2 Å². The molecule has 0 radical (unpaired) electrons. The average molecular weight is 492 g/mol. The maximum atomic E-state index is 11.7. The molecule has 3 rings (SSSR count). The first-order valence-electron chi connectivity index (χ1n) is 10.6. The maximum Gasteiger partial charge on any atom is 0.283 e. The Morgan fingerprint density at radius 3 is 1.28 bits per heavy atom. The van der Waals surface area contributed by atoms with Crippen molar-refractivity contribution in [3.63, 3.8) is 0 Å². The van der Waals surface area contributed by atoms with Gasteiger partial charge in [0.2, 0.25) is 0 Å². The molecule has 0 aliphatic rings. The zero-order valence-electron chi connectivity index (χ0n) is 20.1. The van der Waals surface area contributed by atoms with Crippen LogP contribution in [0.4, 0.5) is 11.4 Å². The van der Waals surface area contributed by atoms with Crippen molar-refractivity contribution in [1.29, 1.82) is 0 Å². The Labute approximate surface area is 207 Å². The van der Waals surface area contributed by atoms with E-state index in [0.717, 1.165) is 6.07 Å². The number of nitro benzene ring substituents is 2. The molecule has 186 valence electrons. The van der Waals surface area contributed by atoms with Gasteiger partial charge in [0.1, 0.15) is 23.0 Å². The Bertz CT molecular complexity index is 1250. The summed E-state index contributed by atoms with van der Waals surface area (Å²) in [4.78, 5) is 22.1. The largest absolute Gasteiger partial charge is 0.497 e. The molecule has 0 atom stereocenters. The molecule has 0 aliphatic heterocycles. The molecule has 0 aliphatic carbocycles. The predicted octanol–water partition coefficient (Wildman–Crippen LogP) is 5.88. The molecule has 0 unspecified atom stereocenters. The van der Waals surface area contributed by atoms with Crippen LogP contribution in [0.3, 0.4) is 0 Å². The van der Waals surface area contributed by atoms with Crippen LogP contribution in [0.25, 0.3) is 24.3 Å². The van der Waals surface area contributed by atoms with Crippen LogP contribution in [-0.4, -0.2) is 38.3 Å². The fraction of sp³-hybridized carbons (Fsp3) is 0.154. The molecule has 0 fully saturated rings. The number of hydrogen-bond acceptors (Lipinski definition) is 8. The lowest BCUT2D eigenvalue weighted by atomic mass is 10.0. The van der Waals surface area contributed by atoms with E-state index in [1.807, 2.05) is 0 Å². The lowest BCUT2D eigenvalue weighted by molar-refractivity contribution is -0.394. The van der Waals surface area contributed by atoms with Gasteiger partial charge in [0.05, 0.1) is 55.5 Å². The summed E-state index contributed by atoms with van der Waals surface area (Å²) in [5, 5.41) is 23.5. The van der Waals surface area contributed by atoms with Gasteiger partial charge in [0, 0.05) is 11.1 Å². The second kappa shape index (κ2) is 11.5. The van der Waals surface area contributed by atoms with Crippen LogP contribution >= 0.6 is 0 Å². The van der Waals surface area contributed by atoms with Gasteiger partial charge in [-0.25, -0.2) is 0 Å². The highest BCUT2D eigenvalue weighted by Gasteiger charge is 2.22. The van der Waals surface area contributed by atoms with E-state index in [2.05, 4.69) is 0 Å². The van der Waals surface area contributed by atoms with E-state index >= 15 is 0 Å². The highest BCUT2D eigenvalue weighted by molar-refractivity contribution is 5.83. The summed E-state index contributed by atoms with van der Waals surface area (Å²) in [6.45, 7) is 0. The zero-order chi connectivity index (χ0) is 26.2. The molecule has 0 amide bonds. The molecule has 0 bridgehead atoms. The fourth-order valence-electron chi connectivity index (χ4n) is 3.49. The van der Waals surface area contributed by atoms with Crippen LogP contribution < -0.4 is 18.9 Å². The second-order valence-electron chi connectivity index (χ2n) is 7.37. The number of nitro groups is 2. The van der Waals surface area contributed by atoms with E-state index in [1.54, 1.807) is 48.6 Å². The van der Waals surface area contributed by atoms with Gasteiger partial charge < -0.3 is 18.9 Å². The van der Waals surface area contributed by atoms with Crippen LogP contribution in [0.1, 0.15) is 22.3 Å². The van der Waals surface area contributed by atoms with E-state index in [0.29, 0.717) is 34.1 Å². The molecule has 36 heavy (non-hydrogen) atoms. The van der Waals surface area contributed by atoms with E-state index in [-0.39, 0.29) is 11.1 Å². The number of rotatable bonds is 10. The third kappa shape index (κ3) is 5.79. The van der Waals surface area contributed by atoms with Gasteiger partial charge in [-0.2, -0.15) is 0 Å². The predicted molar refractivity (Wildman–Crippen MR) is 137 cm³/mol. The molecule has 0 N–H and O–H groups in total. The molecule has 0 saturated heterocycles. The summed E-state index contributed by atoms with van der Waals surface area (Å²) in [6.07, 6.45) is 6.24. The van der Waals surface area contributed by atoms with Crippen molar-refractivity contribution in [1.82, 2.24) is 0 Å². The zero-order valence-corrected chi connectivity index (χ0v) is 20.1. The van der Waals surface area contributed by atoms with Crippen molar-refractivity contribution >= 4 is 35.7 Å². The summed E-state index contributed by atoms with van der Waals surface area (Å²) in [6, 6.07) is 12.6. The van der Waals surface area contributed by atoms with E-state index in [9.17, 15) is 20.2 Å². The molecule has 3 aromatic rings. The minimum atomic E-state index is -0.659. The van der Waals surface area contributed by atoms with Crippen LogP contribution in [0.5, 0.6) is 23.0 Å². The number of ether oxygens (including phenoxy) is 4. The summed E-state index contributed by atoms with van der Waals surface area (Å²) in [5.74, 6) is 2.21. The van der Waals surface area contributed by atoms with Crippen molar-refractivity contribution in [2.75, 3.05) is 28.4 Å². The van der Waals surface area contributed by atoms with Gasteiger partial charge in [0.15, 0.2) is 0 Å². The minimum Gasteiger partial charge on any atom is -0.497 e. The van der Waals surface area contributed by atoms with Crippen LogP contribution in [0.15, 0.2) is 48.5 Å². The van der Waals surface area contributed by atoms with Crippen LogP contribution in [0, 0.1) is 20.2 Å². The van der Waals surface area contributed by atoms with Crippen molar-refractivity contribution < 1.29 is 28.8 Å². The second-order valence-corrected chi connectivity index (χ2v) is 7.37. The van der Waals surface area contributed by atoms with Gasteiger partial charge in [0.25, 0.3) is 11.4 Å². The van der Waals surface area contributed by atoms with Crippen molar-refractivity contribution in [3.05, 3.63) is 91.0 Å². The smallest absolute Gasteiger partial charge is 0.283 e. The first-order valence-corrected chi connectivity index (χ1v) is 10.6. The third-order valence-electron chi connectivity index (χ3n) is 5.33. The van der Waals surface area contributed by atoms with Crippen LogP contribution in [0.2, 0.25) is 0 Å². The Hall–Kier alpha value is -4.86. The molecule has 10 nitrogen and oxygen atoms in total. The molecule has 0 spiro atoms. The standard InChI is InChI=1S/C26H24N2O8/c1-33-21-9-11-25(35-3)19(14-21)7-5-17-13-18(24(28(31)32)16-23(17)27(29)30)6-8-20-15-22(34-2)10-12-26(20)36-4/h5-16H,1-4H3/b7-5+,8-6+. The van der Waals surface area contributed by atoms with Gasteiger partial charge in [-0.1, -0.05) is 12.2 Å². The normalized spacial score (nSPS) is 11.0. The third-order valence-corrected chi connectivity index (χ3v) is 5.33. The molecule has 0 aromatic heterocycles. The summed E-state index contributed by atoms with van der Waals surface area (Å²) in [5.41, 5.74) is 0.762. The Morgan fingerprint density at radius 2 is 0.944 bits per heavy atom. The highest BCUT2D eigenvalue weighted by atomic mass is 16.6. The van der Waals surface area contributed by atoms with Gasteiger partial charge in [-0.3, -0.25) is 20.2 Å². The highest BCUT2D eigenvalue weighted by Crippen LogP contribution is 2.34. The topological polar surface area (TPSA) is 123 Å². The van der Waals surface area contributed by atoms with Gasteiger partial charge >= 0.3 is 0 Å². The van der Waals surface area contributed by atoms with Gasteiger partial charge in [-0.05, 0) is 54.6 Å². The first kappa shape index (κ1) is 25.8. The van der Waals surface area contributed by atoms with E-state index in [1.165, 1.54) is 46.7 Å². The Balaban J connectivity index is 2.13. The quantitative estimate of drug-likeness (QED) is 0.195. The maximum absolute atomic E-state index is 11.7. The summed E-state index contributed by atoms with van der Waals surface area (Å²) in [7, 11) is 6.05. The van der Waals surface area contributed by atoms with E-state index in [4.69, 9.17) is 18.9 Å². The molecule has 10 heteroatoms. The average Bonchev–Trinajstić information content (AvgIpc) is 2.89. The lowest BCUT2D eigenvalue weighted by Crippen LogP contribution is -1.98. The molecule has 0 heterocycles. The molecular weight excluding hydrogens is 468 g/mol. The van der Waals surface area contributed by atoms with Crippen molar-refractivity contribution in [2.24, 2.45) is 0 Å².